The zero-order valence-electron chi connectivity index (χ0n) is 24.7. The number of hydrogen-bond donors (Lipinski definition) is 2. The zero-order valence-corrected chi connectivity index (χ0v) is 25.5. The van der Waals surface area contributed by atoms with E-state index in [2.05, 4.69) is 10.1 Å². The van der Waals surface area contributed by atoms with Crippen LogP contribution in [0.4, 0.5) is 5.69 Å². The van der Waals surface area contributed by atoms with Gasteiger partial charge in [0, 0.05) is 22.6 Å². The second-order valence-corrected chi connectivity index (χ2v) is 10.6. The summed E-state index contributed by atoms with van der Waals surface area (Å²) in [4.78, 5) is 17.7. The summed E-state index contributed by atoms with van der Waals surface area (Å²) in [5.41, 5.74) is 2.90. The molecule has 0 saturated heterocycles. The average molecular weight is 599 g/mol. The highest BCUT2D eigenvalue weighted by molar-refractivity contribution is 7.55. The Labute approximate surface area is 244 Å². The molecule has 1 heterocycles. The Kier molecular flexibility index (Phi) is 9.67. The molecule has 0 atom stereocenters. The number of rotatable bonds is 14. The Morgan fingerprint density at radius 1 is 0.786 bits per heavy atom. The largest absolute Gasteiger partial charge is 0.497 e. The standard InChI is InChI=1S/C30H35N2O9P/c1-8-40-42(34,41-9-2)32-23-14-18(10-13-24(23)36-4)28-27(21-12-11-20(35-3)17-22(21)31-28)29(33)19-15-25(37-5)30(39-7)26(16-19)38-6/h10-17,31H,8-9H2,1-7H3,(H,32,34). The van der Waals surface area contributed by atoms with Gasteiger partial charge in [0.05, 0.1) is 71.2 Å². The van der Waals surface area contributed by atoms with Gasteiger partial charge in [-0.25, -0.2) is 4.57 Å². The van der Waals surface area contributed by atoms with Crippen molar-refractivity contribution >= 4 is 30.1 Å². The third-order valence-electron chi connectivity index (χ3n) is 6.50. The van der Waals surface area contributed by atoms with Gasteiger partial charge in [-0.3, -0.25) is 18.9 Å². The number of carbonyl (C=O) groups excluding carboxylic acids is 1. The van der Waals surface area contributed by atoms with E-state index >= 15 is 0 Å². The van der Waals surface area contributed by atoms with E-state index in [1.54, 1.807) is 57.4 Å². The molecule has 0 radical (unpaired) electrons. The molecule has 0 amide bonds. The number of H-pyrrole nitrogens is 1. The number of carbonyl (C=O) groups is 1. The second-order valence-electron chi connectivity index (χ2n) is 8.89. The molecular formula is C30H35N2O9P. The maximum absolute atomic E-state index is 14.3. The Bertz CT molecular complexity index is 1600. The van der Waals surface area contributed by atoms with Crippen molar-refractivity contribution in [1.29, 1.82) is 0 Å². The molecule has 0 fully saturated rings. The van der Waals surface area contributed by atoms with Crippen LogP contribution in [0.15, 0.2) is 48.5 Å². The minimum atomic E-state index is -3.70. The Morgan fingerprint density at radius 2 is 1.43 bits per heavy atom. The molecule has 0 spiro atoms. The molecule has 0 unspecified atom stereocenters. The van der Waals surface area contributed by atoms with Crippen LogP contribution in [0.1, 0.15) is 29.8 Å². The van der Waals surface area contributed by atoms with Crippen molar-refractivity contribution < 1.29 is 42.1 Å². The van der Waals surface area contributed by atoms with Gasteiger partial charge < -0.3 is 28.7 Å². The molecule has 0 saturated carbocycles. The lowest BCUT2D eigenvalue weighted by Gasteiger charge is -2.20. The summed E-state index contributed by atoms with van der Waals surface area (Å²) in [6.07, 6.45) is 0. The van der Waals surface area contributed by atoms with Crippen molar-refractivity contribution in [3.63, 3.8) is 0 Å². The van der Waals surface area contributed by atoms with Gasteiger partial charge in [-0.1, -0.05) is 0 Å². The number of ether oxygens (including phenoxy) is 5. The van der Waals surface area contributed by atoms with Crippen LogP contribution in [0.25, 0.3) is 22.2 Å². The van der Waals surface area contributed by atoms with Gasteiger partial charge in [0.1, 0.15) is 11.5 Å². The summed E-state index contributed by atoms with van der Waals surface area (Å²) in [5.74, 6) is 1.81. The van der Waals surface area contributed by atoms with Crippen LogP contribution in [-0.4, -0.2) is 59.5 Å². The van der Waals surface area contributed by atoms with Crippen LogP contribution >= 0.6 is 7.75 Å². The number of fused-ring (bicyclic) bond motifs is 1. The quantitative estimate of drug-likeness (QED) is 0.120. The van der Waals surface area contributed by atoms with E-state index in [-0.39, 0.29) is 19.0 Å². The summed E-state index contributed by atoms with van der Waals surface area (Å²) in [6.45, 7) is 3.79. The van der Waals surface area contributed by atoms with Crippen LogP contribution in [0, 0.1) is 0 Å². The van der Waals surface area contributed by atoms with Crippen molar-refractivity contribution in [3.05, 3.63) is 59.7 Å². The van der Waals surface area contributed by atoms with Crippen LogP contribution in [0.5, 0.6) is 28.7 Å². The molecular weight excluding hydrogens is 563 g/mol. The van der Waals surface area contributed by atoms with Crippen LogP contribution < -0.4 is 28.8 Å². The van der Waals surface area contributed by atoms with Gasteiger partial charge in [0.25, 0.3) is 0 Å². The lowest BCUT2D eigenvalue weighted by atomic mass is 9.96. The summed E-state index contributed by atoms with van der Waals surface area (Å²) in [5, 5.41) is 3.55. The summed E-state index contributed by atoms with van der Waals surface area (Å²) < 4.78 is 51.6. The van der Waals surface area contributed by atoms with Crippen molar-refractivity contribution in [2.45, 2.75) is 13.8 Å². The highest BCUT2D eigenvalue weighted by Crippen LogP contribution is 2.50. The number of aromatic nitrogens is 1. The van der Waals surface area contributed by atoms with Gasteiger partial charge in [-0.15, -0.1) is 0 Å². The molecule has 224 valence electrons. The average Bonchev–Trinajstić information content (AvgIpc) is 3.38. The van der Waals surface area contributed by atoms with E-state index < -0.39 is 7.75 Å². The van der Waals surface area contributed by atoms with E-state index in [1.807, 2.05) is 12.1 Å². The van der Waals surface area contributed by atoms with Gasteiger partial charge in [0.2, 0.25) is 5.75 Å². The minimum Gasteiger partial charge on any atom is -0.497 e. The number of aromatic amines is 1. The summed E-state index contributed by atoms with van der Waals surface area (Å²) >= 11 is 0. The predicted molar refractivity (Wildman–Crippen MR) is 161 cm³/mol. The lowest BCUT2D eigenvalue weighted by Crippen LogP contribution is -2.07. The molecule has 0 aliphatic heterocycles. The van der Waals surface area contributed by atoms with Gasteiger partial charge in [-0.2, -0.15) is 0 Å². The Balaban J connectivity index is 1.94. The first kappa shape index (κ1) is 30.8. The molecule has 11 nitrogen and oxygen atoms in total. The Hall–Kier alpha value is -4.18. The maximum atomic E-state index is 14.3. The van der Waals surface area contributed by atoms with E-state index in [9.17, 15) is 9.36 Å². The minimum absolute atomic E-state index is 0.170. The molecule has 0 aliphatic carbocycles. The van der Waals surface area contributed by atoms with Gasteiger partial charge >= 0.3 is 7.75 Å². The first-order chi connectivity index (χ1) is 20.3. The fraction of sp³-hybridized carbons (Fsp3) is 0.300. The van der Waals surface area contributed by atoms with Gasteiger partial charge in [0.15, 0.2) is 17.3 Å². The monoisotopic (exact) mass is 598 g/mol. The summed E-state index contributed by atoms with van der Waals surface area (Å²) in [6, 6.07) is 13.9. The second kappa shape index (κ2) is 13.2. The van der Waals surface area contributed by atoms with Crippen LogP contribution in [0.3, 0.4) is 0 Å². The van der Waals surface area contributed by atoms with E-state index in [1.165, 1.54) is 28.4 Å². The molecule has 0 bridgehead atoms. The third kappa shape index (κ3) is 6.04. The van der Waals surface area contributed by atoms with Crippen molar-refractivity contribution in [2.75, 3.05) is 53.9 Å². The molecule has 3 aromatic carbocycles. The number of nitrogens with one attached hydrogen (secondary N) is 2. The van der Waals surface area contributed by atoms with Crippen LogP contribution in [0.2, 0.25) is 0 Å². The first-order valence-corrected chi connectivity index (χ1v) is 14.7. The molecule has 42 heavy (non-hydrogen) atoms. The lowest BCUT2D eigenvalue weighted by molar-refractivity contribution is 0.104. The number of benzene rings is 3. The van der Waals surface area contributed by atoms with Crippen molar-refractivity contribution in [3.8, 4) is 40.0 Å². The SMILES string of the molecule is CCOP(=O)(Nc1cc(-c2[nH]c3cc(OC)ccc3c2C(=O)c2cc(OC)c(OC)c(OC)c2)ccc1OC)OCC. The Morgan fingerprint density at radius 3 is 1.98 bits per heavy atom. The number of hydrogen-bond acceptors (Lipinski definition) is 9. The van der Waals surface area contributed by atoms with Crippen LogP contribution in [-0.2, 0) is 13.6 Å². The van der Waals surface area contributed by atoms with E-state index in [4.69, 9.17) is 32.7 Å². The number of methoxy groups -OCH3 is 5. The molecule has 4 rings (SSSR count). The molecule has 0 aliphatic rings. The van der Waals surface area contributed by atoms with Gasteiger partial charge in [-0.05, 0) is 56.3 Å². The van der Waals surface area contributed by atoms with Crippen molar-refractivity contribution in [1.82, 2.24) is 4.98 Å². The normalized spacial score (nSPS) is 11.3. The molecule has 12 heteroatoms. The first-order valence-electron chi connectivity index (χ1n) is 13.2. The number of ketones is 1. The third-order valence-corrected chi connectivity index (χ3v) is 8.21. The highest BCUT2D eigenvalue weighted by atomic mass is 31.2. The van der Waals surface area contributed by atoms with E-state index in [0.717, 1.165) is 0 Å². The fourth-order valence-corrected chi connectivity index (χ4v) is 6.01. The van der Waals surface area contributed by atoms with E-state index in [0.29, 0.717) is 67.7 Å². The fourth-order valence-electron chi connectivity index (χ4n) is 4.65. The number of anilines is 1. The topological polar surface area (TPSA) is 127 Å². The highest BCUT2D eigenvalue weighted by Gasteiger charge is 2.28. The molecule has 4 aromatic rings. The summed E-state index contributed by atoms with van der Waals surface area (Å²) in [7, 11) is 3.85. The maximum Gasteiger partial charge on any atom is 0.432 e. The van der Waals surface area contributed by atoms with Crippen molar-refractivity contribution in [2.24, 2.45) is 0 Å². The predicted octanol–water partition coefficient (Wildman–Crippen LogP) is 6.70. The molecule has 2 N–H and O–H groups in total. The zero-order chi connectivity index (χ0) is 30.4. The molecule has 1 aromatic heterocycles. The smallest absolute Gasteiger partial charge is 0.432 e.